The molecule has 1 aliphatic rings. The van der Waals surface area contributed by atoms with Crippen LogP contribution in [0.5, 0.6) is 5.75 Å². The average Bonchev–Trinajstić information content (AvgIpc) is 2.74. The third-order valence-corrected chi connectivity index (χ3v) is 4.50. The Bertz CT molecular complexity index is 493. The lowest BCUT2D eigenvalue weighted by Crippen LogP contribution is -2.41. The molecule has 0 bridgehead atoms. The first-order valence-electron chi connectivity index (χ1n) is 8.60. The van der Waals surface area contributed by atoms with Crippen molar-refractivity contribution < 1.29 is 23.5 Å². The van der Waals surface area contributed by atoms with Crippen molar-refractivity contribution >= 4 is 12.6 Å². The molecule has 1 aliphatic heterocycles. The molecule has 0 atom stereocenters. The number of benzene rings is 1. The molecule has 0 N–H and O–H groups in total. The van der Waals surface area contributed by atoms with Gasteiger partial charge in [0, 0.05) is 13.2 Å². The summed E-state index contributed by atoms with van der Waals surface area (Å²) in [5.74, 6) is 0.764. The summed E-state index contributed by atoms with van der Waals surface area (Å²) in [6.07, 6.45) is -0.345. The Hall–Kier alpha value is -1.08. The van der Waals surface area contributed by atoms with Crippen molar-refractivity contribution in [1.82, 2.24) is 0 Å². The van der Waals surface area contributed by atoms with Gasteiger partial charge in [0.05, 0.1) is 11.2 Å². The monoisotopic (exact) mass is 336 g/mol. The molecule has 0 amide bonds. The lowest BCUT2D eigenvalue weighted by molar-refractivity contribution is -0.152. The molecule has 1 saturated heterocycles. The highest BCUT2D eigenvalue weighted by Gasteiger charge is 2.51. The molecular weight excluding hydrogens is 307 g/mol. The molecule has 0 aliphatic carbocycles. The number of ether oxygens (including phenoxy) is 3. The van der Waals surface area contributed by atoms with Gasteiger partial charge in [-0.05, 0) is 59.1 Å². The first-order valence-corrected chi connectivity index (χ1v) is 8.60. The zero-order valence-electron chi connectivity index (χ0n) is 15.6. The molecular formula is C18H29BO5. The summed E-state index contributed by atoms with van der Waals surface area (Å²) in [6, 6.07) is 7.76. The van der Waals surface area contributed by atoms with E-state index in [-0.39, 0.29) is 24.6 Å². The van der Waals surface area contributed by atoms with Gasteiger partial charge in [-0.25, -0.2) is 0 Å². The molecule has 2 rings (SSSR count). The molecule has 1 heterocycles. The molecule has 0 unspecified atom stereocenters. The van der Waals surface area contributed by atoms with Crippen LogP contribution in [0, 0.1) is 0 Å². The Kier molecular flexibility index (Phi) is 6.31. The van der Waals surface area contributed by atoms with Crippen LogP contribution in [0.15, 0.2) is 24.3 Å². The number of hydrogen-bond acceptors (Lipinski definition) is 5. The molecule has 24 heavy (non-hydrogen) atoms. The molecule has 0 radical (unpaired) electrons. The van der Waals surface area contributed by atoms with Crippen LogP contribution in [0.3, 0.4) is 0 Å². The van der Waals surface area contributed by atoms with Gasteiger partial charge in [0.1, 0.15) is 12.4 Å². The molecule has 1 fully saturated rings. The van der Waals surface area contributed by atoms with Crippen molar-refractivity contribution in [2.45, 2.75) is 59.0 Å². The van der Waals surface area contributed by atoms with Gasteiger partial charge in [-0.1, -0.05) is 12.1 Å². The van der Waals surface area contributed by atoms with Gasteiger partial charge in [-0.15, -0.1) is 0 Å². The van der Waals surface area contributed by atoms with Crippen LogP contribution >= 0.6 is 0 Å². The molecule has 5 nitrogen and oxygen atoms in total. The second-order valence-corrected chi connectivity index (χ2v) is 6.81. The third kappa shape index (κ3) is 4.51. The highest BCUT2D eigenvalue weighted by atomic mass is 16.7. The van der Waals surface area contributed by atoms with E-state index in [2.05, 4.69) is 0 Å². The summed E-state index contributed by atoms with van der Waals surface area (Å²) in [6.45, 7) is 13.6. The summed E-state index contributed by atoms with van der Waals surface area (Å²) >= 11 is 0. The van der Waals surface area contributed by atoms with Gasteiger partial charge in [0.2, 0.25) is 0 Å². The van der Waals surface area contributed by atoms with E-state index in [1.54, 1.807) is 0 Å². The molecule has 0 spiro atoms. The van der Waals surface area contributed by atoms with E-state index in [0.717, 1.165) is 11.2 Å². The highest BCUT2D eigenvalue weighted by Crippen LogP contribution is 2.36. The van der Waals surface area contributed by atoms with E-state index >= 15 is 0 Å². The van der Waals surface area contributed by atoms with Crippen molar-refractivity contribution in [2.24, 2.45) is 0 Å². The van der Waals surface area contributed by atoms with Crippen molar-refractivity contribution in [3.8, 4) is 5.75 Å². The average molecular weight is 336 g/mol. The first kappa shape index (κ1) is 19.3. The second kappa shape index (κ2) is 7.87. The molecule has 1 aromatic rings. The van der Waals surface area contributed by atoms with Crippen LogP contribution in [-0.4, -0.2) is 44.4 Å². The summed E-state index contributed by atoms with van der Waals surface area (Å²) < 4.78 is 28.8. The minimum absolute atomic E-state index is 0.338. The maximum Gasteiger partial charge on any atom is 0.494 e. The largest absolute Gasteiger partial charge is 0.494 e. The van der Waals surface area contributed by atoms with Crippen LogP contribution in [0.2, 0.25) is 0 Å². The smallest absolute Gasteiger partial charge is 0.488 e. The van der Waals surface area contributed by atoms with Crippen LogP contribution < -0.4 is 10.2 Å². The van der Waals surface area contributed by atoms with Crippen LogP contribution in [-0.2, 0) is 18.8 Å². The fraction of sp³-hybridized carbons (Fsp3) is 0.667. The van der Waals surface area contributed by atoms with Crippen molar-refractivity contribution in [1.29, 1.82) is 0 Å². The van der Waals surface area contributed by atoms with Gasteiger partial charge in [0.25, 0.3) is 0 Å². The standard InChI is InChI=1S/C18H29BO5/c1-7-20-16(21-8-2)13-22-15-11-9-14(10-12-15)19-23-17(3,4)18(5,6)24-19/h9-12,16H,7-8,13H2,1-6H3. The van der Waals surface area contributed by atoms with Gasteiger partial charge in [0.15, 0.2) is 6.29 Å². The fourth-order valence-corrected chi connectivity index (χ4v) is 2.38. The minimum Gasteiger partial charge on any atom is -0.488 e. The summed E-state index contributed by atoms with van der Waals surface area (Å²) in [7, 11) is -0.358. The maximum absolute atomic E-state index is 6.05. The van der Waals surface area contributed by atoms with E-state index < -0.39 is 0 Å². The highest BCUT2D eigenvalue weighted by molar-refractivity contribution is 6.62. The van der Waals surface area contributed by atoms with Gasteiger partial charge >= 0.3 is 7.12 Å². The van der Waals surface area contributed by atoms with Gasteiger partial charge in [-0.3, -0.25) is 0 Å². The summed E-state index contributed by atoms with van der Waals surface area (Å²) in [4.78, 5) is 0. The van der Waals surface area contributed by atoms with Crippen molar-refractivity contribution in [3.63, 3.8) is 0 Å². The van der Waals surface area contributed by atoms with E-state index in [0.29, 0.717) is 19.8 Å². The normalized spacial score (nSPS) is 19.0. The Labute approximate surface area is 145 Å². The lowest BCUT2D eigenvalue weighted by Gasteiger charge is -2.32. The number of rotatable bonds is 8. The van der Waals surface area contributed by atoms with Crippen LogP contribution in [0.4, 0.5) is 0 Å². The Balaban J connectivity index is 1.94. The van der Waals surface area contributed by atoms with Crippen molar-refractivity contribution in [2.75, 3.05) is 19.8 Å². The summed E-state index contributed by atoms with van der Waals surface area (Å²) in [5, 5.41) is 0. The van der Waals surface area contributed by atoms with E-state index in [4.69, 9.17) is 23.5 Å². The second-order valence-electron chi connectivity index (χ2n) is 6.81. The zero-order chi connectivity index (χ0) is 17.8. The quantitative estimate of drug-likeness (QED) is 0.540. The van der Waals surface area contributed by atoms with Crippen LogP contribution in [0.25, 0.3) is 0 Å². The Morgan fingerprint density at radius 2 is 1.42 bits per heavy atom. The predicted octanol–water partition coefficient (Wildman–Crippen LogP) is 2.76. The van der Waals surface area contributed by atoms with E-state index in [9.17, 15) is 0 Å². The maximum atomic E-state index is 6.05. The topological polar surface area (TPSA) is 46.2 Å². The van der Waals surface area contributed by atoms with E-state index in [1.807, 2.05) is 65.8 Å². The molecule has 6 heteroatoms. The molecule has 0 saturated carbocycles. The molecule has 134 valence electrons. The Morgan fingerprint density at radius 1 is 0.917 bits per heavy atom. The van der Waals surface area contributed by atoms with Gasteiger partial charge in [-0.2, -0.15) is 0 Å². The summed E-state index contributed by atoms with van der Waals surface area (Å²) in [5.41, 5.74) is 0.302. The fourth-order valence-electron chi connectivity index (χ4n) is 2.38. The number of hydrogen-bond donors (Lipinski definition) is 0. The lowest BCUT2D eigenvalue weighted by atomic mass is 9.79. The zero-order valence-corrected chi connectivity index (χ0v) is 15.6. The van der Waals surface area contributed by atoms with E-state index in [1.165, 1.54) is 0 Å². The van der Waals surface area contributed by atoms with Crippen molar-refractivity contribution in [3.05, 3.63) is 24.3 Å². The minimum atomic E-state index is -0.358. The Morgan fingerprint density at radius 3 is 1.88 bits per heavy atom. The SMILES string of the molecule is CCOC(COc1ccc(B2OC(C)(C)C(C)(C)O2)cc1)OCC. The van der Waals surface area contributed by atoms with Crippen LogP contribution in [0.1, 0.15) is 41.5 Å². The first-order chi connectivity index (χ1) is 11.3. The van der Waals surface area contributed by atoms with Gasteiger partial charge < -0.3 is 23.5 Å². The predicted molar refractivity (Wildman–Crippen MR) is 94.7 cm³/mol. The molecule has 0 aromatic heterocycles. The molecule has 1 aromatic carbocycles. The third-order valence-electron chi connectivity index (χ3n) is 4.50.